The van der Waals surface area contributed by atoms with Gasteiger partial charge in [-0.2, -0.15) is 8.42 Å². The Morgan fingerprint density at radius 2 is 1.35 bits per heavy atom. The molecule has 7 N–H and O–H groups in total. The molecule has 1 amide bonds. The average Bonchev–Trinajstić information content (AvgIpc) is 3.09. The van der Waals surface area contributed by atoms with Crippen molar-refractivity contribution in [3.8, 4) is 0 Å². The molecule has 1 aliphatic heterocycles. The topological polar surface area (TPSA) is 212 Å². The number of carbonyl (C=O) groups is 1. The summed E-state index contributed by atoms with van der Waals surface area (Å²) in [5.74, 6) is -0.720. The van der Waals surface area contributed by atoms with E-state index < -0.39 is 78.5 Å². The molecule has 1 aliphatic rings. The molecule has 1 fully saturated rings. The fraction of sp³-hybridized carbons (Fsp3) is 0.811. The Hall–Kier alpha value is -1.72. The molecule has 0 radical (unpaired) electrons. The summed E-state index contributed by atoms with van der Waals surface area (Å²) in [6.45, 7) is 3.04. The summed E-state index contributed by atoms with van der Waals surface area (Å²) in [5, 5.41) is 54.5. The first-order chi connectivity index (χ1) is 24.4. The van der Waals surface area contributed by atoms with Crippen LogP contribution in [0.5, 0.6) is 0 Å². The number of carbonyl (C=O) groups excluding carboxylic acids is 1. The molecular weight excluding hydrogens is 682 g/mol. The molecule has 8 unspecified atom stereocenters. The SMILES string of the molecule is CCCCC/C=C\C/C=C\CCCCCCCCC(O)C(=O)NC(COC1OC(CO)C(O)C(OS(=O)(=O)O)C1O)C(O)/C=C/CCCCCC. The monoisotopic (exact) mass is 749 g/mol. The van der Waals surface area contributed by atoms with E-state index in [1.165, 1.54) is 25.3 Å². The van der Waals surface area contributed by atoms with Gasteiger partial charge in [0.1, 0.15) is 30.5 Å². The second-order valence-electron chi connectivity index (χ2n) is 13.3. The number of unbranched alkanes of at least 4 members (excludes halogenated alkanes) is 13. The summed E-state index contributed by atoms with van der Waals surface area (Å²) in [7, 11) is -5.11. The zero-order chi connectivity index (χ0) is 37.9. The molecule has 13 nitrogen and oxygen atoms in total. The van der Waals surface area contributed by atoms with Crippen molar-refractivity contribution in [3.05, 3.63) is 36.5 Å². The van der Waals surface area contributed by atoms with Crippen LogP contribution >= 0.6 is 0 Å². The first kappa shape index (κ1) is 47.3. The normalized spacial score (nSPS) is 23.3. The van der Waals surface area contributed by atoms with Crippen molar-refractivity contribution in [2.75, 3.05) is 13.2 Å². The molecular formula is C37H67NO12S. The van der Waals surface area contributed by atoms with Crippen molar-refractivity contribution in [2.24, 2.45) is 0 Å². The van der Waals surface area contributed by atoms with E-state index in [0.29, 0.717) is 12.8 Å². The molecule has 0 aliphatic carbocycles. The molecule has 8 atom stereocenters. The quantitative estimate of drug-likeness (QED) is 0.0306. The third-order valence-electron chi connectivity index (χ3n) is 8.77. The number of aliphatic hydroxyl groups is 5. The molecule has 0 aromatic rings. The number of hydrogen-bond acceptors (Lipinski definition) is 11. The lowest BCUT2D eigenvalue weighted by atomic mass is 9.99. The lowest BCUT2D eigenvalue weighted by Crippen LogP contribution is -2.61. The number of ether oxygens (including phenoxy) is 2. The minimum absolute atomic E-state index is 0.229. The number of amides is 1. The minimum Gasteiger partial charge on any atom is -0.394 e. The van der Waals surface area contributed by atoms with Gasteiger partial charge in [-0.15, -0.1) is 0 Å². The first-order valence-corrected chi connectivity index (χ1v) is 20.3. The summed E-state index contributed by atoms with van der Waals surface area (Å²) in [6, 6.07) is -1.12. The van der Waals surface area contributed by atoms with E-state index in [-0.39, 0.29) is 6.42 Å². The largest absolute Gasteiger partial charge is 0.397 e. The van der Waals surface area contributed by atoms with Crippen molar-refractivity contribution in [1.82, 2.24) is 5.32 Å². The summed E-state index contributed by atoms with van der Waals surface area (Å²) in [5.41, 5.74) is 0. The third kappa shape index (κ3) is 22.2. The van der Waals surface area contributed by atoms with E-state index >= 15 is 0 Å². The van der Waals surface area contributed by atoms with E-state index in [2.05, 4.69) is 47.7 Å². The number of rotatable bonds is 30. The fourth-order valence-electron chi connectivity index (χ4n) is 5.66. The van der Waals surface area contributed by atoms with Crippen LogP contribution in [0.25, 0.3) is 0 Å². The Morgan fingerprint density at radius 1 is 0.804 bits per heavy atom. The number of aliphatic hydroxyl groups excluding tert-OH is 5. The number of nitrogens with one attached hydrogen (secondary N) is 1. The zero-order valence-corrected chi connectivity index (χ0v) is 31.6. The van der Waals surface area contributed by atoms with Crippen LogP contribution in [0.4, 0.5) is 0 Å². The van der Waals surface area contributed by atoms with Gasteiger partial charge in [0.2, 0.25) is 5.91 Å². The predicted octanol–water partition coefficient (Wildman–Crippen LogP) is 4.57. The highest BCUT2D eigenvalue weighted by atomic mass is 32.3. The molecule has 0 saturated carbocycles. The standard InChI is InChI=1S/C37H67NO12S/c1-3-5-7-9-11-12-13-14-15-16-17-18-19-20-22-24-26-31(41)36(44)38-29(30(40)25-23-21-10-8-6-4-2)28-48-37-34(43)35(50-51(45,46)47)33(42)32(27-39)49-37/h11-12,14-15,23,25,29-35,37,39-43H,3-10,13,16-22,24,26-28H2,1-2H3,(H,38,44)(H,45,46,47)/b12-11-,15-14-,25-23+. The van der Waals surface area contributed by atoms with Crippen LogP contribution in [-0.4, -0.2) is 107 Å². The third-order valence-corrected chi connectivity index (χ3v) is 9.24. The van der Waals surface area contributed by atoms with Crippen LogP contribution in [-0.2, 0) is 28.9 Å². The van der Waals surface area contributed by atoms with Crippen molar-refractivity contribution in [1.29, 1.82) is 0 Å². The van der Waals surface area contributed by atoms with Crippen molar-refractivity contribution in [2.45, 2.75) is 178 Å². The van der Waals surface area contributed by atoms with Gasteiger partial charge in [0.15, 0.2) is 6.29 Å². The Labute approximate surface area is 306 Å². The molecule has 0 spiro atoms. The summed E-state index contributed by atoms with van der Waals surface area (Å²) in [4.78, 5) is 12.9. The van der Waals surface area contributed by atoms with Gasteiger partial charge < -0.3 is 40.3 Å². The van der Waals surface area contributed by atoms with E-state index in [4.69, 9.17) is 14.0 Å². The lowest BCUT2D eigenvalue weighted by molar-refractivity contribution is -0.298. The fourth-order valence-corrected chi connectivity index (χ4v) is 6.17. The summed E-state index contributed by atoms with van der Waals surface area (Å²) >= 11 is 0. The van der Waals surface area contributed by atoms with E-state index in [0.717, 1.165) is 77.0 Å². The van der Waals surface area contributed by atoms with Crippen LogP contribution in [0.1, 0.15) is 129 Å². The molecule has 298 valence electrons. The second kappa shape index (κ2) is 28.7. The lowest BCUT2D eigenvalue weighted by Gasteiger charge is -2.41. The maximum Gasteiger partial charge on any atom is 0.397 e. The Bertz CT molecular complexity index is 1090. The highest BCUT2D eigenvalue weighted by molar-refractivity contribution is 7.80. The van der Waals surface area contributed by atoms with Crippen LogP contribution in [0.2, 0.25) is 0 Å². The molecule has 1 heterocycles. The summed E-state index contributed by atoms with van der Waals surface area (Å²) in [6.07, 6.45) is 18.6. The zero-order valence-electron chi connectivity index (χ0n) is 30.8. The van der Waals surface area contributed by atoms with Gasteiger partial charge in [-0.05, 0) is 51.4 Å². The van der Waals surface area contributed by atoms with Crippen molar-refractivity contribution < 1.29 is 57.0 Å². The Balaban J connectivity index is 2.60. The molecule has 51 heavy (non-hydrogen) atoms. The second-order valence-corrected chi connectivity index (χ2v) is 14.3. The molecule has 0 aromatic carbocycles. The smallest absolute Gasteiger partial charge is 0.394 e. The Kier molecular flexibility index (Phi) is 26.7. The van der Waals surface area contributed by atoms with Crippen LogP contribution in [0.3, 0.4) is 0 Å². The number of allylic oxidation sites excluding steroid dienone is 5. The van der Waals surface area contributed by atoms with Gasteiger partial charge in [0, 0.05) is 0 Å². The van der Waals surface area contributed by atoms with Crippen molar-refractivity contribution in [3.63, 3.8) is 0 Å². The number of hydrogen-bond donors (Lipinski definition) is 7. The highest BCUT2D eigenvalue weighted by Crippen LogP contribution is 2.26. The van der Waals surface area contributed by atoms with Crippen LogP contribution in [0.15, 0.2) is 36.5 Å². The van der Waals surface area contributed by atoms with Gasteiger partial charge >= 0.3 is 10.4 Å². The van der Waals surface area contributed by atoms with Crippen molar-refractivity contribution >= 4 is 16.3 Å². The Morgan fingerprint density at radius 3 is 1.96 bits per heavy atom. The maximum atomic E-state index is 12.9. The highest BCUT2D eigenvalue weighted by Gasteiger charge is 2.48. The van der Waals surface area contributed by atoms with E-state index in [1.807, 2.05) is 0 Å². The van der Waals surface area contributed by atoms with Gasteiger partial charge in [-0.3, -0.25) is 9.35 Å². The van der Waals surface area contributed by atoms with E-state index in [9.17, 15) is 38.7 Å². The molecule has 1 rings (SSSR count). The summed E-state index contributed by atoms with van der Waals surface area (Å²) < 4.78 is 47.1. The average molecular weight is 750 g/mol. The van der Waals surface area contributed by atoms with Crippen LogP contribution in [0, 0.1) is 0 Å². The van der Waals surface area contributed by atoms with E-state index in [1.54, 1.807) is 6.08 Å². The first-order valence-electron chi connectivity index (χ1n) is 19.0. The maximum absolute atomic E-state index is 12.9. The molecule has 1 saturated heterocycles. The minimum atomic E-state index is -5.11. The molecule has 0 bridgehead atoms. The van der Waals surface area contributed by atoms with Gasteiger partial charge in [-0.25, -0.2) is 4.18 Å². The molecule has 14 heteroatoms. The van der Waals surface area contributed by atoms with Gasteiger partial charge in [-0.1, -0.05) is 115 Å². The predicted molar refractivity (Wildman–Crippen MR) is 196 cm³/mol. The van der Waals surface area contributed by atoms with Gasteiger partial charge in [0.25, 0.3) is 0 Å². The van der Waals surface area contributed by atoms with Gasteiger partial charge in [0.05, 0.1) is 25.4 Å². The molecule has 0 aromatic heterocycles. The van der Waals surface area contributed by atoms with Crippen LogP contribution < -0.4 is 5.32 Å².